The normalized spacial score (nSPS) is 22.9. The van der Waals surface area contributed by atoms with E-state index in [9.17, 15) is 14.1 Å². The highest BCUT2D eigenvalue weighted by Gasteiger charge is 2.43. The highest BCUT2D eigenvalue weighted by molar-refractivity contribution is 9.10. The van der Waals surface area contributed by atoms with Crippen molar-refractivity contribution in [2.45, 2.75) is 50.3 Å². The summed E-state index contributed by atoms with van der Waals surface area (Å²) in [5, 5.41) is 9.29. The first-order valence-corrected chi connectivity index (χ1v) is 8.79. The van der Waals surface area contributed by atoms with Gasteiger partial charge < -0.3 is 5.11 Å². The average molecular weight is 374 g/mol. The Morgan fingerprint density at radius 1 is 1.48 bits per heavy atom. The zero-order chi connectivity index (χ0) is 15.8. The molecule has 2 atom stereocenters. The number of fused-ring (bicyclic) bond motifs is 1. The Bertz CT molecular complexity index is 597. The van der Waals surface area contributed by atoms with Crippen LogP contribution in [0.15, 0.2) is 22.7 Å². The molecule has 1 aromatic rings. The minimum atomic E-state index is -1.32. The number of hydrogen-bond donors (Lipinski definition) is 2. The summed E-state index contributed by atoms with van der Waals surface area (Å²) in [6, 6.07) is 5.85. The van der Waals surface area contributed by atoms with Crippen LogP contribution in [0.25, 0.3) is 0 Å². The van der Waals surface area contributed by atoms with Crippen LogP contribution in [0, 0.1) is 0 Å². The predicted molar refractivity (Wildman–Crippen MR) is 87.4 cm³/mol. The highest BCUT2D eigenvalue weighted by atomic mass is 79.9. The number of aryl methyl sites for hydroxylation is 1. The lowest BCUT2D eigenvalue weighted by atomic mass is 9.89. The van der Waals surface area contributed by atoms with Gasteiger partial charge in [-0.2, -0.15) is 0 Å². The summed E-state index contributed by atoms with van der Waals surface area (Å²) < 4.78 is 16.1. The second kappa shape index (κ2) is 5.82. The lowest BCUT2D eigenvalue weighted by molar-refractivity contribution is -0.138. The smallest absolute Gasteiger partial charge is 0.305 e. The van der Waals surface area contributed by atoms with E-state index in [4.69, 9.17) is 0 Å². The largest absolute Gasteiger partial charge is 0.481 e. The van der Waals surface area contributed by atoms with E-state index in [1.54, 1.807) is 0 Å². The van der Waals surface area contributed by atoms with E-state index >= 15 is 0 Å². The Morgan fingerprint density at radius 3 is 2.71 bits per heavy atom. The molecule has 0 spiro atoms. The Kier molecular flexibility index (Phi) is 4.61. The van der Waals surface area contributed by atoms with Crippen molar-refractivity contribution in [3.63, 3.8) is 0 Å². The molecule has 0 amide bonds. The molecule has 0 aromatic heterocycles. The van der Waals surface area contributed by atoms with Gasteiger partial charge in [-0.3, -0.25) is 4.79 Å². The minimum Gasteiger partial charge on any atom is -0.481 e. The number of nitrogens with one attached hydrogen (secondary N) is 1. The van der Waals surface area contributed by atoms with Gasteiger partial charge in [0.25, 0.3) is 0 Å². The highest BCUT2D eigenvalue weighted by Crippen LogP contribution is 2.41. The number of carboxylic acid groups (broad SMARTS) is 1. The second-order valence-electron chi connectivity index (χ2n) is 6.44. The van der Waals surface area contributed by atoms with Crippen molar-refractivity contribution in [1.29, 1.82) is 0 Å². The van der Waals surface area contributed by atoms with E-state index in [1.807, 2.05) is 39.0 Å². The molecule has 1 aliphatic rings. The summed E-state index contributed by atoms with van der Waals surface area (Å²) in [6.07, 6.45) is 1.37. The first-order chi connectivity index (χ1) is 9.64. The monoisotopic (exact) mass is 373 g/mol. The first kappa shape index (κ1) is 16.6. The van der Waals surface area contributed by atoms with E-state index in [1.165, 1.54) is 0 Å². The Balaban J connectivity index is 2.42. The Hall–Kier alpha value is -0.720. The second-order valence-corrected chi connectivity index (χ2v) is 9.32. The zero-order valence-corrected chi connectivity index (χ0v) is 14.8. The molecule has 1 aromatic carbocycles. The third-order valence-electron chi connectivity index (χ3n) is 3.70. The van der Waals surface area contributed by atoms with Crippen LogP contribution < -0.4 is 4.72 Å². The van der Waals surface area contributed by atoms with Gasteiger partial charge in [0, 0.05) is 4.47 Å². The van der Waals surface area contributed by atoms with Gasteiger partial charge in [0.15, 0.2) is 0 Å². The molecule has 0 bridgehead atoms. The molecule has 0 saturated carbocycles. The lowest BCUT2D eigenvalue weighted by Gasteiger charge is -2.33. The third kappa shape index (κ3) is 3.55. The molecule has 4 nitrogen and oxygen atoms in total. The minimum absolute atomic E-state index is 0.0660. The summed E-state index contributed by atoms with van der Waals surface area (Å²) in [7, 11) is -1.32. The number of carboxylic acids is 1. The zero-order valence-electron chi connectivity index (χ0n) is 12.4. The maximum Gasteiger partial charge on any atom is 0.305 e. The number of benzene rings is 1. The van der Waals surface area contributed by atoms with Crippen molar-refractivity contribution in [3.05, 3.63) is 33.8 Å². The number of aliphatic carboxylic acids is 1. The van der Waals surface area contributed by atoms with Gasteiger partial charge >= 0.3 is 5.97 Å². The van der Waals surface area contributed by atoms with Crippen LogP contribution >= 0.6 is 15.9 Å². The standard InChI is InChI=1S/C15H20BrNO3S/c1-14(2,3)21(20)17-15(9-13(18)19)7-6-10-8-11(16)4-5-12(10)15/h4-5,8,17H,6-7,9H2,1-3H3,(H,18,19)/t15-,21+/m0/s1. The Morgan fingerprint density at radius 2 is 2.14 bits per heavy atom. The summed E-state index contributed by atoms with van der Waals surface area (Å²) in [5.74, 6) is -0.885. The molecular weight excluding hydrogens is 354 g/mol. The van der Waals surface area contributed by atoms with E-state index in [0.29, 0.717) is 6.42 Å². The molecular formula is C15H20BrNO3S. The topological polar surface area (TPSA) is 66.4 Å². The van der Waals surface area contributed by atoms with Gasteiger partial charge in [-0.15, -0.1) is 0 Å². The quantitative estimate of drug-likeness (QED) is 0.851. The molecule has 2 rings (SSSR count). The van der Waals surface area contributed by atoms with Crippen molar-refractivity contribution < 1.29 is 14.1 Å². The van der Waals surface area contributed by atoms with Crippen LogP contribution in [0.2, 0.25) is 0 Å². The summed E-state index contributed by atoms with van der Waals surface area (Å²) in [5.41, 5.74) is 1.31. The van der Waals surface area contributed by atoms with Crippen molar-refractivity contribution >= 4 is 32.9 Å². The van der Waals surface area contributed by atoms with Gasteiger partial charge in [-0.25, -0.2) is 8.93 Å². The van der Waals surface area contributed by atoms with Crippen LogP contribution in [0.4, 0.5) is 0 Å². The van der Waals surface area contributed by atoms with E-state index in [-0.39, 0.29) is 6.42 Å². The van der Waals surface area contributed by atoms with Gasteiger partial charge in [0.05, 0.1) is 27.7 Å². The lowest BCUT2D eigenvalue weighted by Crippen LogP contribution is -2.48. The summed E-state index contributed by atoms with van der Waals surface area (Å²) in [6.45, 7) is 5.63. The van der Waals surface area contributed by atoms with Crippen molar-refractivity contribution in [2.24, 2.45) is 0 Å². The van der Waals surface area contributed by atoms with Gasteiger partial charge in [-0.05, 0) is 56.9 Å². The van der Waals surface area contributed by atoms with Crippen molar-refractivity contribution in [2.75, 3.05) is 0 Å². The van der Waals surface area contributed by atoms with Crippen LogP contribution in [-0.4, -0.2) is 20.0 Å². The van der Waals surface area contributed by atoms with Crippen LogP contribution in [-0.2, 0) is 27.7 Å². The molecule has 0 radical (unpaired) electrons. The van der Waals surface area contributed by atoms with E-state index in [2.05, 4.69) is 20.7 Å². The maximum atomic E-state index is 12.5. The molecule has 0 unspecified atom stereocenters. The molecule has 0 heterocycles. The number of carbonyl (C=O) groups is 1. The van der Waals surface area contributed by atoms with Crippen LogP contribution in [0.5, 0.6) is 0 Å². The molecule has 1 aliphatic carbocycles. The van der Waals surface area contributed by atoms with E-state index < -0.39 is 27.2 Å². The molecule has 0 saturated heterocycles. The van der Waals surface area contributed by atoms with Gasteiger partial charge in [0.1, 0.15) is 0 Å². The summed E-state index contributed by atoms with van der Waals surface area (Å²) in [4.78, 5) is 11.3. The molecule has 116 valence electrons. The van der Waals surface area contributed by atoms with Crippen molar-refractivity contribution in [1.82, 2.24) is 4.72 Å². The maximum absolute atomic E-state index is 12.5. The molecule has 2 N–H and O–H groups in total. The predicted octanol–water partition coefficient (Wildman–Crippen LogP) is 3.12. The van der Waals surface area contributed by atoms with Crippen molar-refractivity contribution in [3.8, 4) is 0 Å². The fourth-order valence-corrected chi connectivity index (χ4v) is 3.99. The van der Waals surface area contributed by atoms with Crippen LogP contribution in [0.1, 0.15) is 44.7 Å². The Labute approximate surface area is 136 Å². The molecule has 0 fully saturated rings. The molecule has 6 heteroatoms. The fourth-order valence-electron chi connectivity index (χ4n) is 2.63. The van der Waals surface area contributed by atoms with Gasteiger partial charge in [0.2, 0.25) is 0 Å². The SMILES string of the molecule is CC(C)(C)[S@@](=O)N[C@]1(CC(=O)O)CCc2cc(Br)ccc21. The summed E-state index contributed by atoms with van der Waals surface area (Å²) >= 11 is 3.44. The number of halogens is 1. The molecule has 21 heavy (non-hydrogen) atoms. The number of hydrogen-bond acceptors (Lipinski definition) is 2. The molecule has 0 aliphatic heterocycles. The van der Waals surface area contributed by atoms with E-state index in [0.717, 1.165) is 22.0 Å². The number of rotatable bonds is 4. The first-order valence-electron chi connectivity index (χ1n) is 6.84. The van der Waals surface area contributed by atoms with Gasteiger partial charge in [-0.1, -0.05) is 22.0 Å². The third-order valence-corrected chi connectivity index (χ3v) is 5.88. The van der Waals surface area contributed by atoms with Crippen LogP contribution in [0.3, 0.4) is 0 Å². The average Bonchev–Trinajstić information content (AvgIpc) is 2.65. The fraction of sp³-hybridized carbons (Fsp3) is 0.533.